The molecule has 0 aliphatic carbocycles. The number of aliphatic hydroxyl groups excluding tert-OH is 3. The number of carbonyl (C=O) groups is 1. The molecule has 0 aromatic carbocycles. The second-order valence-electron chi connectivity index (χ2n) is 6.92. The summed E-state index contributed by atoms with van der Waals surface area (Å²) in [6.45, 7) is 2.03. The van der Waals surface area contributed by atoms with E-state index in [-0.39, 0.29) is 6.42 Å². The van der Waals surface area contributed by atoms with Crippen LogP contribution in [0.1, 0.15) is 51.9 Å². The first-order valence-corrected chi connectivity index (χ1v) is 9.98. The number of carboxylic acids is 1. The van der Waals surface area contributed by atoms with Crippen molar-refractivity contribution >= 4 is 5.97 Å². The number of carboxylic acid groups (broad SMARTS) is 1. The lowest BCUT2D eigenvalue weighted by Crippen LogP contribution is -2.25. The average molecular weight is 395 g/mol. The van der Waals surface area contributed by atoms with Crippen molar-refractivity contribution in [3.05, 3.63) is 48.6 Å². The molecule has 0 aromatic rings. The normalized spacial score (nSPS) is 25.5. The fourth-order valence-corrected chi connectivity index (χ4v) is 2.84. The zero-order valence-electron chi connectivity index (χ0n) is 16.6. The van der Waals surface area contributed by atoms with Gasteiger partial charge in [0.1, 0.15) is 6.10 Å². The monoisotopic (exact) mass is 394 g/mol. The molecule has 4 N–H and O–H groups in total. The minimum absolute atomic E-state index is 0.127. The zero-order valence-corrected chi connectivity index (χ0v) is 16.6. The summed E-state index contributed by atoms with van der Waals surface area (Å²) in [5, 5.41) is 38.8. The van der Waals surface area contributed by atoms with Gasteiger partial charge >= 0.3 is 5.97 Å². The largest absolute Gasteiger partial charge is 0.481 e. The smallest absolute Gasteiger partial charge is 0.303 e. The van der Waals surface area contributed by atoms with E-state index in [1.807, 2.05) is 43.4 Å². The predicted molar refractivity (Wildman–Crippen MR) is 109 cm³/mol. The Labute approximate surface area is 167 Å². The van der Waals surface area contributed by atoms with Gasteiger partial charge in [-0.2, -0.15) is 0 Å². The zero-order chi connectivity index (χ0) is 20.8. The van der Waals surface area contributed by atoms with Crippen LogP contribution in [0.2, 0.25) is 0 Å². The summed E-state index contributed by atoms with van der Waals surface area (Å²) in [6, 6.07) is 0. The van der Waals surface area contributed by atoms with Crippen molar-refractivity contribution in [1.82, 2.24) is 0 Å². The van der Waals surface area contributed by atoms with Gasteiger partial charge < -0.3 is 25.2 Å². The number of allylic oxidation sites excluding steroid dienone is 4. The molecular weight excluding hydrogens is 360 g/mol. The highest BCUT2D eigenvalue weighted by atomic mass is 16.5. The van der Waals surface area contributed by atoms with E-state index in [1.54, 1.807) is 12.2 Å². The highest BCUT2D eigenvalue weighted by Gasteiger charge is 2.35. The molecular formula is C22H34O6. The third-order valence-corrected chi connectivity index (χ3v) is 4.42. The Kier molecular flexibility index (Phi) is 12.4. The van der Waals surface area contributed by atoms with Gasteiger partial charge in [0, 0.05) is 12.8 Å². The third-order valence-electron chi connectivity index (χ3n) is 4.42. The van der Waals surface area contributed by atoms with Crippen molar-refractivity contribution in [2.24, 2.45) is 0 Å². The quantitative estimate of drug-likeness (QED) is 0.358. The van der Waals surface area contributed by atoms with E-state index < -0.39 is 36.5 Å². The number of ether oxygens (including phenoxy) is 1. The van der Waals surface area contributed by atoms with E-state index in [2.05, 4.69) is 0 Å². The van der Waals surface area contributed by atoms with Crippen molar-refractivity contribution in [3.8, 4) is 0 Å². The van der Waals surface area contributed by atoms with Gasteiger partial charge in [-0.3, -0.25) is 4.79 Å². The van der Waals surface area contributed by atoms with E-state index in [1.165, 1.54) is 0 Å². The Balaban J connectivity index is 2.31. The first kappa shape index (κ1) is 24.3. The first-order valence-electron chi connectivity index (χ1n) is 9.98. The fourth-order valence-electron chi connectivity index (χ4n) is 2.84. The van der Waals surface area contributed by atoms with E-state index in [0.717, 1.165) is 6.42 Å². The summed E-state index contributed by atoms with van der Waals surface area (Å²) in [4.78, 5) is 10.4. The maximum absolute atomic E-state index is 10.4. The molecule has 0 unspecified atom stereocenters. The van der Waals surface area contributed by atoms with Crippen LogP contribution < -0.4 is 0 Å². The molecule has 1 aliphatic rings. The Hall–Kier alpha value is -1.73. The molecule has 1 rings (SSSR count). The molecule has 158 valence electrons. The van der Waals surface area contributed by atoms with E-state index in [0.29, 0.717) is 32.1 Å². The van der Waals surface area contributed by atoms with Crippen LogP contribution in [0.3, 0.4) is 0 Å². The minimum atomic E-state index is -0.807. The number of hydrogen-bond acceptors (Lipinski definition) is 5. The van der Waals surface area contributed by atoms with Crippen molar-refractivity contribution in [2.45, 2.75) is 82.4 Å². The molecule has 28 heavy (non-hydrogen) atoms. The van der Waals surface area contributed by atoms with Crippen LogP contribution in [-0.4, -0.2) is 56.9 Å². The summed E-state index contributed by atoms with van der Waals surface area (Å²) in [5.74, 6) is -0.807. The standard InChI is InChI=1S/C22H34O6/c1-2-3-8-11-17(23)14-15-20-19(25)16-21(28-20)18(24)12-9-6-4-5-7-10-13-22(26)27/h3,5-9,14-15,17-21,23-25H,2,4,10-13,16H2,1H3,(H,26,27)/b7-5-,8-3-,9-6-,15-14+/t17-,18-,19+,20-,21-/m1/s1. The van der Waals surface area contributed by atoms with Gasteiger partial charge in [-0.15, -0.1) is 0 Å². The molecule has 0 saturated carbocycles. The van der Waals surface area contributed by atoms with Crippen molar-refractivity contribution < 1.29 is 30.0 Å². The summed E-state index contributed by atoms with van der Waals surface area (Å²) >= 11 is 0. The van der Waals surface area contributed by atoms with Crippen molar-refractivity contribution in [1.29, 1.82) is 0 Å². The van der Waals surface area contributed by atoms with Crippen LogP contribution in [0.5, 0.6) is 0 Å². The molecule has 0 amide bonds. The van der Waals surface area contributed by atoms with Crippen LogP contribution in [0.4, 0.5) is 0 Å². The maximum Gasteiger partial charge on any atom is 0.303 e. The van der Waals surface area contributed by atoms with E-state index in [9.17, 15) is 20.1 Å². The summed E-state index contributed by atoms with van der Waals surface area (Å²) in [6.07, 6.45) is 15.2. The lowest BCUT2D eigenvalue weighted by Gasteiger charge is -2.16. The molecule has 0 bridgehead atoms. The molecule has 1 fully saturated rings. The number of rotatable bonds is 13. The molecule has 5 atom stereocenters. The highest BCUT2D eigenvalue weighted by Crippen LogP contribution is 2.25. The van der Waals surface area contributed by atoms with Gasteiger partial charge in [-0.25, -0.2) is 0 Å². The topological polar surface area (TPSA) is 107 Å². The van der Waals surface area contributed by atoms with E-state index >= 15 is 0 Å². The van der Waals surface area contributed by atoms with Gasteiger partial charge in [-0.1, -0.05) is 55.5 Å². The molecule has 0 radical (unpaired) electrons. The lowest BCUT2D eigenvalue weighted by atomic mass is 10.0. The van der Waals surface area contributed by atoms with Crippen LogP contribution >= 0.6 is 0 Å². The molecule has 1 aliphatic heterocycles. The molecule has 6 nitrogen and oxygen atoms in total. The maximum atomic E-state index is 10.4. The second kappa shape index (κ2) is 14.3. The van der Waals surface area contributed by atoms with Crippen LogP contribution in [0.25, 0.3) is 0 Å². The molecule has 0 aromatic heterocycles. The van der Waals surface area contributed by atoms with Crippen LogP contribution in [0, 0.1) is 0 Å². The number of aliphatic carboxylic acids is 1. The molecule has 0 spiro atoms. The summed E-state index contributed by atoms with van der Waals surface area (Å²) in [7, 11) is 0. The third kappa shape index (κ3) is 10.6. The Morgan fingerprint density at radius 3 is 2.54 bits per heavy atom. The molecule has 1 saturated heterocycles. The van der Waals surface area contributed by atoms with Gasteiger partial charge in [0.05, 0.1) is 24.4 Å². The number of hydrogen-bond donors (Lipinski definition) is 4. The van der Waals surface area contributed by atoms with Gasteiger partial charge in [0.2, 0.25) is 0 Å². The SMILES string of the molecule is CC/C=C\C[C@@H](O)/C=C/[C@H]1O[C@@H]([C@H](O)C/C=C\C/C=C\CCC(=O)O)C[C@@H]1O. The van der Waals surface area contributed by atoms with Crippen molar-refractivity contribution in [3.63, 3.8) is 0 Å². The van der Waals surface area contributed by atoms with Gasteiger partial charge in [0.25, 0.3) is 0 Å². The Morgan fingerprint density at radius 1 is 1.11 bits per heavy atom. The predicted octanol–water partition coefficient (Wildman–Crippen LogP) is 2.90. The molecule has 6 heteroatoms. The van der Waals surface area contributed by atoms with E-state index in [4.69, 9.17) is 9.84 Å². The summed E-state index contributed by atoms with van der Waals surface area (Å²) < 4.78 is 5.72. The van der Waals surface area contributed by atoms with Crippen LogP contribution in [0.15, 0.2) is 48.6 Å². The lowest BCUT2D eigenvalue weighted by molar-refractivity contribution is -0.136. The second-order valence-corrected chi connectivity index (χ2v) is 6.92. The summed E-state index contributed by atoms with van der Waals surface area (Å²) in [5.41, 5.74) is 0. The average Bonchev–Trinajstić information content (AvgIpc) is 3.03. The van der Waals surface area contributed by atoms with Gasteiger partial charge in [0.15, 0.2) is 0 Å². The Morgan fingerprint density at radius 2 is 1.82 bits per heavy atom. The minimum Gasteiger partial charge on any atom is -0.481 e. The van der Waals surface area contributed by atoms with Crippen LogP contribution in [-0.2, 0) is 9.53 Å². The number of aliphatic hydroxyl groups is 3. The first-order chi connectivity index (χ1) is 13.4. The Bertz CT molecular complexity index is 551. The highest BCUT2D eigenvalue weighted by molar-refractivity contribution is 5.66. The van der Waals surface area contributed by atoms with Crippen molar-refractivity contribution in [2.75, 3.05) is 0 Å². The molecule has 1 heterocycles. The van der Waals surface area contributed by atoms with Gasteiger partial charge in [-0.05, 0) is 32.1 Å². The fraction of sp³-hybridized carbons (Fsp3) is 0.591.